The second kappa shape index (κ2) is 5.03. The van der Waals surface area contributed by atoms with Gasteiger partial charge in [-0.05, 0) is 42.7 Å². The van der Waals surface area contributed by atoms with Gasteiger partial charge < -0.3 is 0 Å². The van der Waals surface area contributed by atoms with Crippen molar-refractivity contribution in [1.29, 1.82) is 0 Å². The standard InChI is InChI=1S/C14H19Cl/c1-2-5-14(15)13-9-8-11-6-3-4-7-12(11)10-13/h3-4,6-7,13-14H,2,5,8-10H2,1H3. The van der Waals surface area contributed by atoms with Crippen molar-refractivity contribution in [2.24, 2.45) is 5.92 Å². The number of aryl methyl sites for hydroxylation is 1. The Bertz CT molecular complexity index is 319. The Morgan fingerprint density at radius 1 is 1.33 bits per heavy atom. The van der Waals surface area contributed by atoms with Crippen LogP contribution < -0.4 is 0 Å². The maximum Gasteiger partial charge on any atom is 0.0367 e. The van der Waals surface area contributed by atoms with Gasteiger partial charge in [0.05, 0.1) is 0 Å². The number of rotatable bonds is 3. The quantitative estimate of drug-likeness (QED) is 0.673. The van der Waals surface area contributed by atoms with Gasteiger partial charge in [-0.1, -0.05) is 37.6 Å². The van der Waals surface area contributed by atoms with Crippen LogP contribution in [0.1, 0.15) is 37.3 Å². The van der Waals surface area contributed by atoms with Gasteiger partial charge in [0.25, 0.3) is 0 Å². The maximum absolute atomic E-state index is 6.43. The topological polar surface area (TPSA) is 0 Å². The second-order valence-corrected chi connectivity index (χ2v) is 5.14. The first-order valence-electron chi connectivity index (χ1n) is 6.02. The highest BCUT2D eigenvalue weighted by Gasteiger charge is 2.23. The Morgan fingerprint density at radius 2 is 2.07 bits per heavy atom. The van der Waals surface area contributed by atoms with E-state index in [9.17, 15) is 0 Å². The number of halogens is 1. The lowest BCUT2D eigenvalue weighted by atomic mass is 9.81. The summed E-state index contributed by atoms with van der Waals surface area (Å²) >= 11 is 6.43. The van der Waals surface area contributed by atoms with Crippen LogP contribution in [-0.2, 0) is 12.8 Å². The zero-order valence-corrected chi connectivity index (χ0v) is 10.1. The van der Waals surface area contributed by atoms with E-state index in [1.54, 1.807) is 0 Å². The molecule has 1 aromatic rings. The van der Waals surface area contributed by atoms with Crippen LogP contribution in [0.25, 0.3) is 0 Å². The van der Waals surface area contributed by atoms with E-state index in [-0.39, 0.29) is 0 Å². The minimum absolute atomic E-state index is 0.378. The van der Waals surface area contributed by atoms with Gasteiger partial charge in [-0.15, -0.1) is 11.6 Å². The Balaban J connectivity index is 2.05. The molecule has 1 aliphatic rings. The smallest absolute Gasteiger partial charge is 0.0367 e. The number of hydrogen-bond donors (Lipinski definition) is 0. The molecule has 0 N–H and O–H groups in total. The van der Waals surface area contributed by atoms with Crippen molar-refractivity contribution in [1.82, 2.24) is 0 Å². The second-order valence-electron chi connectivity index (χ2n) is 4.58. The fourth-order valence-corrected chi connectivity index (χ4v) is 2.98. The lowest BCUT2D eigenvalue weighted by molar-refractivity contribution is 0.420. The Kier molecular flexibility index (Phi) is 3.69. The predicted octanol–water partition coefficient (Wildman–Crippen LogP) is 4.20. The van der Waals surface area contributed by atoms with Crippen LogP contribution in [0.5, 0.6) is 0 Å². The largest absolute Gasteiger partial charge is 0.123 e. The SMILES string of the molecule is CCCC(Cl)C1CCc2ccccc2C1. The van der Waals surface area contributed by atoms with E-state index in [1.165, 1.54) is 36.8 Å². The van der Waals surface area contributed by atoms with Gasteiger partial charge in [0.2, 0.25) is 0 Å². The zero-order chi connectivity index (χ0) is 10.7. The third-order valence-electron chi connectivity index (χ3n) is 3.46. The van der Waals surface area contributed by atoms with E-state index in [1.807, 2.05) is 0 Å². The van der Waals surface area contributed by atoms with Crippen LogP contribution in [0.15, 0.2) is 24.3 Å². The molecule has 1 heteroatoms. The van der Waals surface area contributed by atoms with Crippen LogP contribution >= 0.6 is 11.6 Å². The van der Waals surface area contributed by atoms with E-state index in [0.717, 1.165) is 6.42 Å². The summed E-state index contributed by atoms with van der Waals surface area (Å²) in [6.45, 7) is 2.21. The molecule has 0 fully saturated rings. The van der Waals surface area contributed by atoms with Crippen LogP contribution in [0.2, 0.25) is 0 Å². The monoisotopic (exact) mass is 222 g/mol. The first-order valence-corrected chi connectivity index (χ1v) is 6.45. The lowest BCUT2D eigenvalue weighted by Gasteiger charge is -2.28. The molecule has 0 aromatic heterocycles. The van der Waals surface area contributed by atoms with E-state index < -0.39 is 0 Å². The van der Waals surface area contributed by atoms with Gasteiger partial charge in [0.15, 0.2) is 0 Å². The lowest BCUT2D eigenvalue weighted by Crippen LogP contribution is -2.22. The molecule has 15 heavy (non-hydrogen) atoms. The zero-order valence-electron chi connectivity index (χ0n) is 9.38. The summed E-state index contributed by atoms with van der Waals surface area (Å²) in [6.07, 6.45) is 6.03. The van der Waals surface area contributed by atoms with Gasteiger partial charge in [0.1, 0.15) is 0 Å². The molecule has 2 rings (SSSR count). The van der Waals surface area contributed by atoms with Crippen LogP contribution in [0.4, 0.5) is 0 Å². The van der Waals surface area contributed by atoms with Crippen LogP contribution in [0, 0.1) is 5.92 Å². The highest BCUT2D eigenvalue weighted by Crippen LogP contribution is 2.31. The van der Waals surface area contributed by atoms with E-state index in [0.29, 0.717) is 11.3 Å². The molecule has 0 spiro atoms. The first kappa shape index (κ1) is 11.0. The Labute approximate surface area is 97.6 Å². The number of fused-ring (bicyclic) bond motifs is 1. The molecule has 0 amide bonds. The van der Waals surface area contributed by atoms with Crippen molar-refractivity contribution in [2.45, 2.75) is 44.4 Å². The summed E-state index contributed by atoms with van der Waals surface area (Å²) in [5.74, 6) is 0.696. The summed E-state index contributed by atoms with van der Waals surface area (Å²) in [7, 11) is 0. The number of alkyl halides is 1. The molecule has 0 radical (unpaired) electrons. The molecule has 0 nitrogen and oxygen atoms in total. The predicted molar refractivity (Wildman–Crippen MR) is 66.5 cm³/mol. The summed E-state index contributed by atoms with van der Waals surface area (Å²) in [5, 5.41) is 0.378. The third kappa shape index (κ3) is 2.55. The molecule has 2 unspecified atom stereocenters. The summed E-state index contributed by atoms with van der Waals surface area (Å²) in [5.41, 5.74) is 3.06. The van der Waals surface area contributed by atoms with Gasteiger partial charge in [-0.3, -0.25) is 0 Å². The minimum atomic E-state index is 0.378. The molecule has 2 atom stereocenters. The molecule has 82 valence electrons. The van der Waals surface area contributed by atoms with Crippen molar-refractivity contribution in [3.05, 3.63) is 35.4 Å². The fraction of sp³-hybridized carbons (Fsp3) is 0.571. The average molecular weight is 223 g/mol. The van der Waals surface area contributed by atoms with Gasteiger partial charge in [0, 0.05) is 5.38 Å². The normalized spacial score (nSPS) is 22.1. The van der Waals surface area contributed by atoms with E-state index in [4.69, 9.17) is 11.6 Å². The summed E-state index contributed by atoms with van der Waals surface area (Å²) < 4.78 is 0. The number of benzene rings is 1. The molecular formula is C14H19Cl. The fourth-order valence-electron chi connectivity index (χ4n) is 2.55. The molecule has 0 bridgehead atoms. The molecule has 0 saturated carbocycles. The van der Waals surface area contributed by atoms with Crippen LogP contribution in [0.3, 0.4) is 0 Å². The van der Waals surface area contributed by atoms with Crippen molar-refractivity contribution < 1.29 is 0 Å². The van der Waals surface area contributed by atoms with Gasteiger partial charge in [-0.25, -0.2) is 0 Å². The van der Waals surface area contributed by atoms with Gasteiger partial charge >= 0.3 is 0 Å². The van der Waals surface area contributed by atoms with Crippen molar-refractivity contribution in [3.8, 4) is 0 Å². The molecule has 0 heterocycles. The molecule has 0 aliphatic heterocycles. The summed E-state index contributed by atoms with van der Waals surface area (Å²) in [6, 6.07) is 8.80. The van der Waals surface area contributed by atoms with Gasteiger partial charge in [-0.2, -0.15) is 0 Å². The molecule has 1 aliphatic carbocycles. The molecule has 1 aromatic carbocycles. The molecular weight excluding hydrogens is 204 g/mol. The van der Waals surface area contributed by atoms with Crippen molar-refractivity contribution in [3.63, 3.8) is 0 Å². The van der Waals surface area contributed by atoms with Crippen molar-refractivity contribution >= 4 is 11.6 Å². The van der Waals surface area contributed by atoms with Crippen molar-refractivity contribution in [2.75, 3.05) is 0 Å². The van der Waals surface area contributed by atoms with E-state index >= 15 is 0 Å². The minimum Gasteiger partial charge on any atom is -0.123 e. The van der Waals surface area contributed by atoms with Crippen LogP contribution in [-0.4, -0.2) is 5.38 Å². The first-order chi connectivity index (χ1) is 7.31. The molecule has 0 saturated heterocycles. The average Bonchev–Trinajstić information content (AvgIpc) is 2.29. The Morgan fingerprint density at radius 3 is 2.80 bits per heavy atom. The maximum atomic E-state index is 6.43. The summed E-state index contributed by atoms with van der Waals surface area (Å²) in [4.78, 5) is 0. The highest BCUT2D eigenvalue weighted by atomic mass is 35.5. The Hall–Kier alpha value is -0.490. The third-order valence-corrected chi connectivity index (χ3v) is 4.04. The highest BCUT2D eigenvalue weighted by molar-refractivity contribution is 6.20. The van der Waals surface area contributed by atoms with E-state index in [2.05, 4.69) is 31.2 Å². The number of hydrogen-bond acceptors (Lipinski definition) is 0.